The summed E-state index contributed by atoms with van der Waals surface area (Å²) in [6, 6.07) is 12.8. The third kappa shape index (κ3) is 2.75. The van der Waals surface area contributed by atoms with Crippen molar-refractivity contribution >= 4 is 44.1 Å². The number of allylic oxidation sites excluding steroid dienone is 1. The molecule has 1 aromatic heterocycles. The number of H-pyrrole nitrogens is 1. The average Bonchev–Trinajstić information content (AvgIpc) is 2.97. The molecule has 0 saturated carbocycles. The van der Waals surface area contributed by atoms with E-state index in [0.717, 1.165) is 5.52 Å². The van der Waals surface area contributed by atoms with Gasteiger partial charge in [0.05, 0.1) is 9.92 Å². The SMILES string of the molecule is N#C/C(=C\c1c[nH]c2cccc(Cl)c12)S(=O)(=O)c1ccc(N)cc1. The molecule has 0 unspecified atom stereocenters. The molecule has 0 atom stereocenters. The molecule has 3 N–H and O–H groups in total. The van der Waals surface area contributed by atoms with Gasteiger partial charge in [-0.1, -0.05) is 17.7 Å². The molecule has 0 saturated heterocycles. The number of benzene rings is 2. The van der Waals surface area contributed by atoms with Crippen molar-refractivity contribution in [2.24, 2.45) is 0 Å². The van der Waals surface area contributed by atoms with E-state index in [4.69, 9.17) is 17.3 Å². The molecule has 0 fully saturated rings. The van der Waals surface area contributed by atoms with Gasteiger partial charge < -0.3 is 10.7 Å². The quantitative estimate of drug-likeness (QED) is 0.550. The van der Waals surface area contributed by atoms with Crippen molar-refractivity contribution in [1.29, 1.82) is 5.26 Å². The summed E-state index contributed by atoms with van der Waals surface area (Å²) in [7, 11) is -3.94. The van der Waals surface area contributed by atoms with Gasteiger partial charge >= 0.3 is 0 Å². The summed E-state index contributed by atoms with van der Waals surface area (Å²) in [5.74, 6) is 0. The summed E-state index contributed by atoms with van der Waals surface area (Å²) < 4.78 is 25.3. The van der Waals surface area contributed by atoms with Crippen molar-refractivity contribution in [3.63, 3.8) is 0 Å². The summed E-state index contributed by atoms with van der Waals surface area (Å²) in [5, 5.41) is 10.5. The Morgan fingerprint density at radius 3 is 2.58 bits per heavy atom. The number of fused-ring (bicyclic) bond motifs is 1. The van der Waals surface area contributed by atoms with E-state index in [0.29, 0.717) is 21.7 Å². The van der Waals surface area contributed by atoms with E-state index in [-0.39, 0.29) is 9.80 Å². The number of nitrogens with two attached hydrogens (primary N) is 1. The van der Waals surface area contributed by atoms with Crippen LogP contribution in [0.4, 0.5) is 5.69 Å². The minimum absolute atomic E-state index is 0.00967. The third-order valence-corrected chi connectivity index (χ3v) is 5.56. The fourth-order valence-corrected chi connectivity index (χ4v) is 3.80. The van der Waals surface area contributed by atoms with Crippen molar-refractivity contribution in [3.05, 3.63) is 64.2 Å². The van der Waals surface area contributed by atoms with Gasteiger partial charge in [-0.05, 0) is 42.5 Å². The molecule has 0 spiro atoms. The highest BCUT2D eigenvalue weighted by Crippen LogP contribution is 2.30. The van der Waals surface area contributed by atoms with E-state index >= 15 is 0 Å². The van der Waals surface area contributed by atoms with Gasteiger partial charge in [0.25, 0.3) is 0 Å². The van der Waals surface area contributed by atoms with Crippen molar-refractivity contribution < 1.29 is 8.42 Å². The number of aromatic nitrogens is 1. The summed E-state index contributed by atoms with van der Waals surface area (Å²) in [5.41, 5.74) is 7.31. The Morgan fingerprint density at radius 1 is 1.21 bits per heavy atom. The van der Waals surface area contributed by atoms with Crippen LogP contribution in [0.2, 0.25) is 5.02 Å². The van der Waals surface area contributed by atoms with Crippen molar-refractivity contribution in [3.8, 4) is 6.07 Å². The number of nitriles is 1. The molecule has 5 nitrogen and oxygen atoms in total. The molecule has 24 heavy (non-hydrogen) atoms. The lowest BCUT2D eigenvalue weighted by Gasteiger charge is -2.03. The fourth-order valence-electron chi connectivity index (χ4n) is 2.36. The Bertz CT molecular complexity index is 1090. The Kier molecular flexibility index (Phi) is 4.06. The normalized spacial score (nSPS) is 12.2. The lowest BCUT2D eigenvalue weighted by atomic mass is 10.1. The Morgan fingerprint density at radius 2 is 1.92 bits per heavy atom. The topological polar surface area (TPSA) is 99.7 Å². The molecular weight excluding hydrogens is 346 g/mol. The van der Waals surface area contributed by atoms with Gasteiger partial charge in [0.1, 0.15) is 11.0 Å². The molecule has 0 bridgehead atoms. The minimum Gasteiger partial charge on any atom is -0.399 e. The monoisotopic (exact) mass is 357 g/mol. The number of nitrogens with zero attached hydrogens (tertiary/aromatic N) is 1. The summed E-state index contributed by atoms with van der Waals surface area (Å²) in [6.07, 6.45) is 2.93. The second-order valence-electron chi connectivity index (χ2n) is 5.10. The van der Waals surface area contributed by atoms with Crippen LogP contribution in [0.15, 0.2) is 58.5 Å². The third-order valence-electron chi connectivity index (χ3n) is 3.56. The van der Waals surface area contributed by atoms with Gasteiger partial charge in [0.2, 0.25) is 9.84 Å². The predicted molar refractivity (Wildman–Crippen MR) is 94.9 cm³/mol. The van der Waals surface area contributed by atoms with Gasteiger partial charge in [-0.15, -0.1) is 0 Å². The van der Waals surface area contributed by atoms with Gasteiger partial charge in [-0.3, -0.25) is 0 Å². The highest BCUT2D eigenvalue weighted by Gasteiger charge is 2.21. The number of nitrogen functional groups attached to an aromatic ring is 1. The predicted octanol–water partition coefficient (Wildman–Crippen LogP) is 3.74. The van der Waals surface area contributed by atoms with E-state index in [1.165, 1.54) is 30.3 Å². The maximum absolute atomic E-state index is 12.6. The number of hydrogen-bond donors (Lipinski definition) is 2. The summed E-state index contributed by atoms with van der Waals surface area (Å²) in [6.45, 7) is 0. The van der Waals surface area contributed by atoms with Crippen molar-refractivity contribution in [2.45, 2.75) is 4.90 Å². The van der Waals surface area contributed by atoms with E-state index in [1.54, 1.807) is 24.4 Å². The smallest absolute Gasteiger partial charge is 0.216 e. The first-order valence-corrected chi connectivity index (χ1v) is 8.77. The molecule has 0 aliphatic heterocycles. The van der Waals surface area contributed by atoms with Crippen LogP contribution in [-0.4, -0.2) is 13.4 Å². The zero-order chi connectivity index (χ0) is 17.3. The Labute approximate surface area is 143 Å². The fraction of sp³-hybridized carbons (Fsp3) is 0. The molecule has 0 amide bonds. The lowest BCUT2D eigenvalue weighted by Crippen LogP contribution is -2.03. The zero-order valence-electron chi connectivity index (χ0n) is 12.3. The molecule has 3 aromatic rings. The number of halogens is 1. The number of rotatable bonds is 3. The summed E-state index contributed by atoms with van der Waals surface area (Å²) >= 11 is 6.18. The molecule has 0 aliphatic carbocycles. The Balaban J connectivity index is 2.16. The van der Waals surface area contributed by atoms with Crippen LogP contribution >= 0.6 is 11.6 Å². The highest BCUT2D eigenvalue weighted by molar-refractivity contribution is 7.95. The molecule has 1 heterocycles. The van der Waals surface area contributed by atoms with Crippen LogP contribution in [0, 0.1) is 11.3 Å². The maximum atomic E-state index is 12.6. The van der Waals surface area contributed by atoms with E-state index in [2.05, 4.69) is 4.98 Å². The molecule has 3 rings (SSSR count). The number of aromatic amines is 1. The van der Waals surface area contributed by atoms with E-state index < -0.39 is 9.84 Å². The largest absolute Gasteiger partial charge is 0.399 e. The molecule has 2 aromatic carbocycles. The van der Waals surface area contributed by atoms with Crippen LogP contribution in [0.1, 0.15) is 5.56 Å². The average molecular weight is 358 g/mol. The maximum Gasteiger partial charge on any atom is 0.216 e. The standard InChI is InChI=1S/C17H12ClN3O2S/c18-15-2-1-3-16-17(15)11(10-21-16)8-14(9-19)24(22,23)13-6-4-12(20)5-7-13/h1-8,10,21H,20H2/b14-8+. The van der Waals surface area contributed by atoms with Gasteiger partial charge in [0.15, 0.2) is 0 Å². The van der Waals surface area contributed by atoms with Gasteiger partial charge in [0, 0.05) is 28.4 Å². The second kappa shape index (κ2) is 6.04. The number of anilines is 1. The van der Waals surface area contributed by atoms with Crippen LogP contribution in [0.5, 0.6) is 0 Å². The number of nitrogens with one attached hydrogen (secondary N) is 1. The van der Waals surface area contributed by atoms with Crippen molar-refractivity contribution in [1.82, 2.24) is 4.98 Å². The number of sulfone groups is 1. The second-order valence-corrected chi connectivity index (χ2v) is 7.42. The first kappa shape index (κ1) is 16.1. The molecular formula is C17H12ClN3O2S. The first-order chi connectivity index (χ1) is 11.4. The molecule has 0 radical (unpaired) electrons. The summed E-state index contributed by atoms with van der Waals surface area (Å²) in [4.78, 5) is 2.65. The lowest BCUT2D eigenvalue weighted by molar-refractivity contribution is 0.603. The minimum atomic E-state index is -3.94. The van der Waals surface area contributed by atoms with E-state index in [9.17, 15) is 13.7 Å². The van der Waals surface area contributed by atoms with Gasteiger partial charge in [-0.25, -0.2) is 8.42 Å². The van der Waals surface area contributed by atoms with Crippen molar-refractivity contribution in [2.75, 3.05) is 5.73 Å². The van der Waals surface area contributed by atoms with E-state index in [1.807, 2.05) is 6.07 Å². The first-order valence-electron chi connectivity index (χ1n) is 6.91. The molecule has 120 valence electrons. The molecule has 0 aliphatic rings. The van der Waals surface area contributed by atoms with Crippen LogP contribution in [0.3, 0.4) is 0 Å². The molecule has 7 heteroatoms. The van der Waals surface area contributed by atoms with Crippen LogP contribution in [-0.2, 0) is 9.84 Å². The van der Waals surface area contributed by atoms with Crippen LogP contribution in [0.25, 0.3) is 17.0 Å². The highest BCUT2D eigenvalue weighted by atomic mass is 35.5. The van der Waals surface area contributed by atoms with Gasteiger partial charge in [-0.2, -0.15) is 5.26 Å². The zero-order valence-corrected chi connectivity index (χ0v) is 13.9. The number of hydrogen-bond acceptors (Lipinski definition) is 4. The Hall–Kier alpha value is -2.75. The van der Waals surface area contributed by atoms with Crippen LogP contribution < -0.4 is 5.73 Å².